The molecule has 3 heteroatoms. The molecule has 0 aliphatic heterocycles. The van der Waals surface area contributed by atoms with Gasteiger partial charge in [0.15, 0.2) is 0 Å². The van der Waals surface area contributed by atoms with E-state index in [0.29, 0.717) is 0 Å². The first kappa shape index (κ1) is 20.7. The summed E-state index contributed by atoms with van der Waals surface area (Å²) in [5, 5.41) is 0. The normalized spacial score (nSPS) is 12.1. The molecule has 0 heterocycles. The molecule has 144 valence electrons. The highest BCUT2D eigenvalue weighted by Crippen LogP contribution is 2.60. The van der Waals surface area contributed by atoms with Crippen LogP contribution in [0.4, 0.5) is 11.4 Å². The SMILES string of the molecule is CCN(CC)c1cccc(S(C)(CC)c2cccc(N(CC)CC)c2)c1. The molecule has 0 fully saturated rings. The first-order valence-electron chi connectivity index (χ1n) is 10.00. The van der Waals surface area contributed by atoms with Gasteiger partial charge in [0, 0.05) is 37.6 Å². The van der Waals surface area contributed by atoms with Crippen LogP contribution in [0.25, 0.3) is 0 Å². The summed E-state index contributed by atoms with van der Waals surface area (Å²) in [6.45, 7) is 15.5. The highest BCUT2D eigenvalue weighted by molar-refractivity contribution is 8.33. The number of hydrogen-bond acceptors (Lipinski definition) is 2. The minimum Gasteiger partial charge on any atom is -0.372 e. The quantitative estimate of drug-likeness (QED) is 0.513. The van der Waals surface area contributed by atoms with Crippen LogP contribution in [0.2, 0.25) is 0 Å². The lowest BCUT2D eigenvalue weighted by molar-refractivity contribution is 0.863. The van der Waals surface area contributed by atoms with Crippen LogP contribution in [0.15, 0.2) is 58.3 Å². The van der Waals surface area contributed by atoms with E-state index in [1.807, 2.05) is 0 Å². The Morgan fingerprint density at radius 3 is 1.35 bits per heavy atom. The van der Waals surface area contributed by atoms with Crippen LogP contribution in [0.5, 0.6) is 0 Å². The molecular weight excluding hydrogens is 336 g/mol. The number of hydrogen-bond donors (Lipinski definition) is 0. The van der Waals surface area contributed by atoms with Crippen LogP contribution >= 0.6 is 10.0 Å². The van der Waals surface area contributed by atoms with Crippen LogP contribution in [-0.4, -0.2) is 38.2 Å². The number of rotatable bonds is 9. The molecule has 0 atom stereocenters. The lowest BCUT2D eigenvalue weighted by Crippen LogP contribution is -2.22. The Kier molecular flexibility index (Phi) is 7.45. The second-order valence-electron chi connectivity index (χ2n) is 6.72. The third kappa shape index (κ3) is 4.20. The minimum absolute atomic E-state index is 1.03. The van der Waals surface area contributed by atoms with Crippen molar-refractivity contribution in [2.45, 2.75) is 44.4 Å². The van der Waals surface area contributed by atoms with Crippen LogP contribution in [0.3, 0.4) is 0 Å². The van der Waals surface area contributed by atoms with Gasteiger partial charge in [-0.25, -0.2) is 0 Å². The molecule has 2 aromatic rings. The van der Waals surface area contributed by atoms with Crippen molar-refractivity contribution in [2.24, 2.45) is 0 Å². The summed E-state index contributed by atoms with van der Waals surface area (Å²) in [5.74, 6) is 1.16. The molecule has 0 radical (unpaired) electrons. The molecule has 26 heavy (non-hydrogen) atoms. The van der Waals surface area contributed by atoms with Crippen LogP contribution in [-0.2, 0) is 0 Å². The third-order valence-corrected chi connectivity index (χ3v) is 9.25. The van der Waals surface area contributed by atoms with E-state index in [2.05, 4.69) is 99.2 Å². The molecule has 0 aromatic heterocycles. The Bertz CT molecular complexity index is 635. The standard InChI is InChI=1S/C23H36N2S/c1-7-24(8-2)20-14-12-16-22(18-20)26(6,11-5)23-17-13-15-21(19-23)25(9-3)10-4/h12-19H,7-11H2,1-6H3. The van der Waals surface area contributed by atoms with E-state index in [4.69, 9.17) is 0 Å². The van der Waals surface area contributed by atoms with Crippen molar-refractivity contribution >= 4 is 21.4 Å². The van der Waals surface area contributed by atoms with Crippen molar-refractivity contribution in [3.63, 3.8) is 0 Å². The maximum absolute atomic E-state index is 2.47. The lowest BCUT2D eigenvalue weighted by Gasteiger charge is -2.37. The van der Waals surface area contributed by atoms with Crippen molar-refractivity contribution in [2.75, 3.05) is 48.0 Å². The van der Waals surface area contributed by atoms with Crippen molar-refractivity contribution in [3.05, 3.63) is 48.5 Å². The van der Waals surface area contributed by atoms with Gasteiger partial charge in [-0.05, 0) is 85.9 Å². The molecule has 0 saturated carbocycles. The lowest BCUT2D eigenvalue weighted by atomic mass is 10.3. The predicted octanol–water partition coefficient (Wildman–Crippen LogP) is 6.25. The molecular formula is C23H36N2S. The number of anilines is 2. The Balaban J connectivity index is 2.49. The van der Waals surface area contributed by atoms with Gasteiger partial charge in [0.05, 0.1) is 0 Å². The zero-order valence-corrected chi connectivity index (χ0v) is 18.3. The Hall–Kier alpha value is -1.61. The molecule has 0 aliphatic rings. The Morgan fingerprint density at radius 2 is 1.04 bits per heavy atom. The molecule has 0 unspecified atom stereocenters. The summed E-state index contributed by atoms with van der Waals surface area (Å²) in [7, 11) is -1.03. The topological polar surface area (TPSA) is 6.48 Å². The first-order chi connectivity index (χ1) is 12.5. The molecule has 0 bridgehead atoms. The maximum Gasteiger partial charge on any atom is 0.0376 e. The zero-order chi connectivity index (χ0) is 19.2. The first-order valence-corrected chi connectivity index (χ1v) is 12.2. The molecule has 0 amide bonds. The summed E-state index contributed by atoms with van der Waals surface area (Å²) in [4.78, 5) is 7.85. The predicted molar refractivity (Wildman–Crippen MR) is 121 cm³/mol. The molecule has 2 nitrogen and oxygen atoms in total. The minimum atomic E-state index is -1.03. The van der Waals surface area contributed by atoms with Crippen LogP contribution in [0.1, 0.15) is 34.6 Å². The van der Waals surface area contributed by atoms with E-state index in [-0.39, 0.29) is 0 Å². The molecule has 0 aliphatic carbocycles. The van der Waals surface area contributed by atoms with Gasteiger partial charge in [-0.1, -0.05) is 19.1 Å². The van der Waals surface area contributed by atoms with Crippen molar-refractivity contribution in [3.8, 4) is 0 Å². The summed E-state index contributed by atoms with van der Waals surface area (Å²) in [6, 6.07) is 18.5. The van der Waals surface area contributed by atoms with E-state index in [0.717, 1.165) is 31.9 Å². The van der Waals surface area contributed by atoms with Gasteiger partial charge in [-0.15, -0.1) is 0 Å². The van der Waals surface area contributed by atoms with Gasteiger partial charge in [-0.3, -0.25) is 0 Å². The maximum atomic E-state index is 2.47. The fraction of sp³-hybridized carbons (Fsp3) is 0.478. The average Bonchev–Trinajstić information content (AvgIpc) is 2.70. The monoisotopic (exact) mass is 372 g/mol. The Morgan fingerprint density at radius 1 is 0.654 bits per heavy atom. The second kappa shape index (κ2) is 9.36. The zero-order valence-electron chi connectivity index (χ0n) is 17.5. The van der Waals surface area contributed by atoms with Crippen molar-refractivity contribution < 1.29 is 0 Å². The second-order valence-corrected chi connectivity index (χ2v) is 10.4. The van der Waals surface area contributed by atoms with Gasteiger partial charge in [-0.2, -0.15) is 10.0 Å². The van der Waals surface area contributed by atoms with Gasteiger partial charge in [0.25, 0.3) is 0 Å². The van der Waals surface area contributed by atoms with Crippen molar-refractivity contribution in [1.29, 1.82) is 0 Å². The number of benzene rings is 2. The molecule has 0 N–H and O–H groups in total. The third-order valence-electron chi connectivity index (χ3n) is 5.51. The summed E-state index contributed by atoms with van der Waals surface area (Å²) in [6.07, 6.45) is 2.47. The summed E-state index contributed by atoms with van der Waals surface area (Å²) in [5.41, 5.74) is 2.69. The smallest absolute Gasteiger partial charge is 0.0376 e. The van der Waals surface area contributed by atoms with E-state index in [1.54, 1.807) is 0 Å². The van der Waals surface area contributed by atoms with E-state index in [1.165, 1.54) is 21.2 Å². The average molecular weight is 373 g/mol. The molecule has 2 aromatic carbocycles. The molecule has 0 saturated heterocycles. The summed E-state index contributed by atoms with van der Waals surface area (Å²) >= 11 is 0. The van der Waals surface area contributed by atoms with E-state index in [9.17, 15) is 0 Å². The van der Waals surface area contributed by atoms with E-state index < -0.39 is 10.0 Å². The molecule has 2 rings (SSSR count). The van der Waals surface area contributed by atoms with E-state index >= 15 is 0 Å². The van der Waals surface area contributed by atoms with Crippen LogP contribution < -0.4 is 9.80 Å². The highest BCUT2D eigenvalue weighted by atomic mass is 32.3. The fourth-order valence-electron chi connectivity index (χ4n) is 3.57. The Labute approximate surface area is 162 Å². The van der Waals surface area contributed by atoms with Gasteiger partial charge < -0.3 is 9.80 Å². The fourth-order valence-corrected chi connectivity index (χ4v) is 6.03. The summed E-state index contributed by atoms with van der Waals surface area (Å²) < 4.78 is 0. The number of nitrogens with zero attached hydrogens (tertiary/aromatic N) is 2. The van der Waals surface area contributed by atoms with Gasteiger partial charge in [0.1, 0.15) is 0 Å². The van der Waals surface area contributed by atoms with Gasteiger partial charge >= 0.3 is 0 Å². The van der Waals surface area contributed by atoms with Crippen LogP contribution in [0, 0.1) is 0 Å². The molecule has 0 spiro atoms. The van der Waals surface area contributed by atoms with Crippen molar-refractivity contribution in [1.82, 2.24) is 0 Å². The highest BCUT2D eigenvalue weighted by Gasteiger charge is 2.23. The van der Waals surface area contributed by atoms with Gasteiger partial charge in [0.2, 0.25) is 0 Å². The largest absolute Gasteiger partial charge is 0.372 e.